The van der Waals surface area contributed by atoms with Gasteiger partial charge < -0.3 is 16.4 Å². The molecule has 0 bridgehead atoms. The molecule has 0 aliphatic rings. The molecule has 0 unspecified atom stereocenters. The number of carbonyl (C=O) groups is 1. The number of nitrogens with one attached hydrogen (secondary N) is 2. The molecule has 30 heavy (non-hydrogen) atoms. The van der Waals surface area contributed by atoms with Gasteiger partial charge in [0.05, 0.1) is 5.69 Å². The molecule has 2 heterocycles. The summed E-state index contributed by atoms with van der Waals surface area (Å²) in [5, 5.41) is 6.06. The molecular weight excluding hydrogens is 376 g/mol. The Bertz CT molecular complexity index is 1180. The molecule has 7 heteroatoms. The van der Waals surface area contributed by atoms with Gasteiger partial charge in [0.1, 0.15) is 0 Å². The lowest BCUT2D eigenvalue weighted by atomic mass is 10.1. The molecule has 7 nitrogen and oxygen atoms in total. The zero-order chi connectivity index (χ0) is 20.9. The van der Waals surface area contributed by atoms with Gasteiger partial charge in [0.15, 0.2) is 0 Å². The zero-order valence-electron chi connectivity index (χ0n) is 16.3. The van der Waals surface area contributed by atoms with Gasteiger partial charge >= 0.3 is 0 Å². The van der Waals surface area contributed by atoms with Gasteiger partial charge in [-0.1, -0.05) is 6.07 Å². The Morgan fingerprint density at radius 3 is 2.53 bits per heavy atom. The first-order valence-corrected chi connectivity index (χ1v) is 9.36. The largest absolute Gasteiger partial charge is 0.399 e. The van der Waals surface area contributed by atoms with Gasteiger partial charge in [-0.05, 0) is 67.1 Å². The second-order valence-corrected chi connectivity index (χ2v) is 6.74. The number of carbonyl (C=O) groups excluding carboxylic acids is 1. The van der Waals surface area contributed by atoms with Crippen molar-refractivity contribution < 1.29 is 4.79 Å². The van der Waals surface area contributed by atoms with Gasteiger partial charge in [0.2, 0.25) is 5.95 Å². The summed E-state index contributed by atoms with van der Waals surface area (Å²) in [5.41, 5.74) is 10.9. The average molecular weight is 396 g/mol. The lowest BCUT2D eigenvalue weighted by molar-refractivity contribution is 0.102. The topological polar surface area (TPSA) is 106 Å². The standard InChI is InChI=1S/C23H20N6O/c1-15-4-5-17(24)13-20(15)22(30)27-18-6-8-19(9-7-18)28-23-26-12-10-21(29-23)16-3-2-11-25-14-16/h2-14H,24H2,1H3,(H,27,30)(H,26,28,29). The third-order valence-corrected chi connectivity index (χ3v) is 4.52. The van der Waals surface area contributed by atoms with Crippen LogP contribution in [0.25, 0.3) is 11.3 Å². The molecule has 0 saturated carbocycles. The minimum atomic E-state index is -0.201. The quantitative estimate of drug-likeness (QED) is 0.431. The molecule has 0 radical (unpaired) electrons. The summed E-state index contributed by atoms with van der Waals surface area (Å²) in [6, 6.07) is 18.2. The Kier molecular flexibility index (Phi) is 5.34. The van der Waals surface area contributed by atoms with Gasteiger partial charge in [-0.3, -0.25) is 9.78 Å². The van der Waals surface area contributed by atoms with Crippen LogP contribution in [0, 0.1) is 6.92 Å². The highest BCUT2D eigenvalue weighted by molar-refractivity contribution is 6.05. The molecule has 4 rings (SSSR count). The van der Waals surface area contributed by atoms with E-state index in [-0.39, 0.29) is 5.91 Å². The molecule has 0 aliphatic heterocycles. The van der Waals surface area contributed by atoms with E-state index in [1.807, 2.05) is 55.5 Å². The highest BCUT2D eigenvalue weighted by Crippen LogP contribution is 2.21. The number of benzene rings is 2. The van der Waals surface area contributed by atoms with E-state index in [0.29, 0.717) is 22.9 Å². The second-order valence-electron chi connectivity index (χ2n) is 6.74. The smallest absolute Gasteiger partial charge is 0.256 e. The Balaban J connectivity index is 1.45. The molecule has 0 fully saturated rings. The first-order valence-electron chi connectivity index (χ1n) is 9.36. The molecule has 4 N–H and O–H groups in total. The summed E-state index contributed by atoms with van der Waals surface area (Å²) in [7, 11) is 0. The van der Waals surface area contributed by atoms with Crippen molar-refractivity contribution in [3.8, 4) is 11.3 Å². The summed E-state index contributed by atoms with van der Waals surface area (Å²) in [5.74, 6) is 0.275. The molecular formula is C23H20N6O. The van der Waals surface area contributed by atoms with Crippen molar-refractivity contribution in [1.29, 1.82) is 0 Å². The highest BCUT2D eigenvalue weighted by atomic mass is 16.1. The highest BCUT2D eigenvalue weighted by Gasteiger charge is 2.10. The van der Waals surface area contributed by atoms with E-state index in [1.165, 1.54) is 0 Å². The summed E-state index contributed by atoms with van der Waals surface area (Å²) in [4.78, 5) is 25.4. The monoisotopic (exact) mass is 396 g/mol. The number of pyridine rings is 1. The second kappa shape index (κ2) is 8.40. The molecule has 1 amide bonds. The Labute approximate surface area is 174 Å². The third-order valence-electron chi connectivity index (χ3n) is 4.52. The predicted molar refractivity (Wildman–Crippen MR) is 119 cm³/mol. The van der Waals surface area contributed by atoms with E-state index >= 15 is 0 Å². The fourth-order valence-electron chi connectivity index (χ4n) is 2.94. The Hall–Kier alpha value is -4.26. The first kappa shape index (κ1) is 19.1. The molecule has 0 spiro atoms. The molecule has 0 atom stereocenters. The van der Waals surface area contributed by atoms with Gasteiger partial charge in [-0.2, -0.15) is 0 Å². The van der Waals surface area contributed by atoms with Crippen molar-refractivity contribution in [3.05, 3.63) is 90.4 Å². The van der Waals surface area contributed by atoms with E-state index in [0.717, 1.165) is 22.5 Å². The van der Waals surface area contributed by atoms with Crippen molar-refractivity contribution >= 4 is 28.9 Å². The van der Waals surface area contributed by atoms with Crippen LogP contribution >= 0.6 is 0 Å². The van der Waals surface area contributed by atoms with E-state index in [2.05, 4.69) is 25.6 Å². The number of aromatic nitrogens is 3. The van der Waals surface area contributed by atoms with Crippen LogP contribution in [0.5, 0.6) is 0 Å². The minimum Gasteiger partial charge on any atom is -0.399 e. The number of hydrogen-bond acceptors (Lipinski definition) is 6. The molecule has 0 aliphatic carbocycles. The van der Waals surface area contributed by atoms with Gasteiger partial charge in [0, 0.05) is 46.8 Å². The van der Waals surface area contributed by atoms with Gasteiger partial charge in [-0.25, -0.2) is 9.97 Å². The maximum Gasteiger partial charge on any atom is 0.256 e. The molecule has 0 saturated heterocycles. The van der Waals surface area contributed by atoms with Crippen molar-refractivity contribution in [2.45, 2.75) is 6.92 Å². The number of rotatable bonds is 5. The van der Waals surface area contributed by atoms with Crippen LogP contribution < -0.4 is 16.4 Å². The predicted octanol–water partition coefficient (Wildman–Crippen LogP) is 4.43. The number of aryl methyl sites for hydroxylation is 1. The van der Waals surface area contributed by atoms with Crippen molar-refractivity contribution in [2.75, 3.05) is 16.4 Å². The maximum atomic E-state index is 12.5. The molecule has 2 aromatic carbocycles. The maximum absolute atomic E-state index is 12.5. The van der Waals surface area contributed by atoms with Crippen LogP contribution in [0.2, 0.25) is 0 Å². The van der Waals surface area contributed by atoms with Crippen molar-refractivity contribution in [3.63, 3.8) is 0 Å². The number of nitrogens with zero attached hydrogens (tertiary/aromatic N) is 3. The van der Waals surface area contributed by atoms with E-state index in [4.69, 9.17) is 5.73 Å². The fourth-order valence-corrected chi connectivity index (χ4v) is 2.94. The number of hydrogen-bond donors (Lipinski definition) is 3. The summed E-state index contributed by atoms with van der Waals surface area (Å²) in [6.45, 7) is 1.88. The number of amides is 1. The Morgan fingerprint density at radius 1 is 0.967 bits per heavy atom. The molecule has 4 aromatic rings. The van der Waals surface area contributed by atoms with E-state index in [9.17, 15) is 4.79 Å². The lowest BCUT2D eigenvalue weighted by Gasteiger charge is -2.10. The normalized spacial score (nSPS) is 10.4. The van der Waals surface area contributed by atoms with Gasteiger partial charge in [0.25, 0.3) is 5.91 Å². The van der Waals surface area contributed by atoms with Crippen LogP contribution in [0.4, 0.5) is 23.0 Å². The van der Waals surface area contributed by atoms with Crippen LogP contribution in [-0.2, 0) is 0 Å². The summed E-state index contributed by atoms with van der Waals surface area (Å²) in [6.07, 6.45) is 5.17. The van der Waals surface area contributed by atoms with Crippen molar-refractivity contribution in [2.24, 2.45) is 0 Å². The van der Waals surface area contributed by atoms with Crippen LogP contribution in [-0.4, -0.2) is 20.9 Å². The average Bonchev–Trinajstić information content (AvgIpc) is 2.77. The van der Waals surface area contributed by atoms with E-state index < -0.39 is 0 Å². The minimum absolute atomic E-state index is 0.201. The zero-order valence-corrected chi connectivity index (χ0v) is 16.3. The SMILES string of the molecule is Cc1ccc(N)cc1C(=O)Nc1ccc(Nc2nccc(-c3cccnc3)n2)cc1. The van der Waals surface area contributed by atoms with E-state index in [1.54, 1.807) is 30.7 Å². The summed E-state index contributed by atoms with van der Waals surface area (Å²) < 4.78 is 0. The van der Waals surface area contributed by atoms with Crippen LogP contribution in [0.1, 0.15) is 15.9 Å². The summed E-state index contributed by atoms with van der Waals surface area (Å²) >= 11 is 0. The lowest BCUT2D eigenvalue weighted by Crippen LogP contribution is -2.13. The fraction of sp³-hybridized carbons (Fsp3) is 0.0435. The molecule has 148 valence electrons. The third kappa shape index (κ3) is 4.41. The number of nitrogens with two attached hydrogens (primary N) is 1. The number of anilines is 4. The molecule has 2 aromatic heterocycles. The van der Waals surface area contributed by atoms with Crippen molar-refractivity contribution in [1.82, 2.24) is 15.0 Å². The van der Waals surface area contributed by atoms with Gasteiger partial charge in [-0.15, -0.1) is 0 Å². The number of nitrogen functional groups attached to an aromatic ring is 1. The van der Waals surface area contributed by atoms with Crippen LogP contribution in [0.3, 0.4) is 0 Å². The Morgan fingerprint density at radius 2 is 1.77 bits per heavy atom. The first-order chi connectivity index (χ1) is 14.6. The van der Waals surface area contributed by atoms with Crippen LogP contribution in [0.15, 0.2) is 79.3 Å².